The summed E-state index contributed by atoms with van der Waals surface area (Å²) in [7, 11) is 3.09. The molecule has 1 amide bonds. The molecule has 5 nitrogen and oxygen atoms in total. The molecule has 0 aromatic heterocycles. The van der Waals surface area contributed by atoms with E-state index < -0.39 is 23.8 Å². The first-order chi connectivity index (χ1) is 13.1. The van der Waals surface area contributed by atoms with E-state index in [1.165, 1.54) is 13.2 Å². The van der Waals surface area contributed by atoms with Gasteiger partial charge in [-0.2, -0.15) is 0 Å². The molecule has 0 radical (unpaired) electrons. The first kappa shape index (κ1) is 19.1. The molecule has 1 aliphatic heterocycles. The largest absolute Gasteiger partial charge is 0.493 e. The lowest BCUT2D eigenvalue weighted by atomic mass is 9.90. The number of hydrogen-bond acceptors (Lipinski definition) is 4. The summed E-state index contributed by atoms with van der Waals surface area (Å²) in [6.45, 7) is 0.925. The van der Waals surface area contributed by atoms with Gasteiger partial charge >= 0.3 is 0 Å². The van der Waals surface area contributed by atoms with E-state index in [2.05, 4.69) is 0 Å². The predicted molar refractivity (Wildman–Crippen MR) is 94.7 cm³/mol. The Labute approximate surface area is 156 Å². The van der Waals surface area contributed by atoms with Crippen LogP contribution in [0.2, 0.25) is 0 Å². The molecule has 0 aliphatic carbocycles. The van der Waals surface area contributed by atoms with Gasteiger partial charge in [-0.05, 0) is 36.2 Å². The molecule has 0 spiro atoms. The maximum atomic E-state index is 13.7. The van der Waals surface area contributed by atoms with Crippen molar-refractivity contribution in [2.45, 2.75) is 18.6 Å². The van der Waals surface area contributed by atoms with E-state index in [-0.39, 0.29) is 5.91 Å². The maximum Gasteiger partial charge on any atom is 0.266 e. The minimum Gasteiger partial charge on any atom is -0.493 e. The molecule has 1 aliphatic rings. The van der Waals surface area contributed by atoms with E-state index in [0.717, 1.165) is 12.1 Å². The third-order valence-electron chi connectivity index (χ3n) is 4.50. The number of ether oxygens (including phenoxy) is 3. The molecule has 1 heterocycles. The zero-order valence-electron chi connectivity index (χ0n) is 15.2. The van der Waals surface area contributed by atoms with Gasteiger partial charge in [0.25, 0.3) is 5.91 Å². The zero-order chi connectivity index (χ0) is 19.4. The Balaban J connectivity index is 1.86. The molecule has 2 atom stereocenters. The number of amides is 1. The van der Waals surface area contributed by atoms with E-state index >= 15 is 0 Å². The molecule has 2 aromatic carbocycles. The van der Waals surface area contributed by atoms with E-state index in [4.69, 9.17) is 14.2 Å². The Morgan fingerprint density at radius 2 is 1.78 bits per heavy atom. The number of β-lactam (4-membered cyclic amide) rings is 1. The molecule has 7 heteroatoms. The van der Waals surface area contributed by atoms with Crippen molar-refractivity contribution < 1.29 is 27.8 Å². The highest BCUT2D eigenvalue weighted by atomic mass is 19.2. The highest BCUT2D eigenvalue weighted by molar-refractivity contribution is 5.89. The third kappa shape index (κ3) is 3.88. The molecule has 144 valence electrons. The van der Waals surface area contributed by atoms with Gasteiger partial charge in [-0.25, -0.2) is 8.78 Å². The molecule has 1 saturated heterocycles. The number of methoxy groups -OCH3 is 2. The number of para-hydroxylation sites is 2. The van der Waals surface area contributed by atoms with Crippen molar-refractivity contribution in [3.63, 3.8) is 0 Å². The van der Waals surface area contributed by atoms with Crippen LogP contribution in [0.15, 0.2) is 42.5 Å². The highest BCUT2D eigenvalue weighted by Crippen LogP contribution is 2.40. The standard InChI is InChI=1S/C20H21F2NO4/c1-25-11-5-10-23-18(13-8-9-14(21)15(22)12-13)19(20(23)24)27-17-7-4-3-6-16(17)26-2/h3-4,6-9,12,18-19H,5,10-11H2,1-2H3. The van der Waals surface area contributed by atoms with Crippen molar-refractivity contribution in [1.29, 1.82) is 0 Å². The van der Waals surface area contributed by atoms with Gasteiger partial charge < -0.3 is 19.1 Å². The quantitative estimate of drug-likeness (QED) is 0.523. The zero-order valence-corrected chi connectivity index (χ0v) is 15.2. The van der Waals surface area contributed by atoms with Crippen molar-refractivity contribution >= 4 is 5.91 Å². The van der Waals surface area contributed by atoms with Crippen LogP contribution < -0.4 is 9.47 Å². The molecule has 1 fully saturated rings. The molecular formula is C20H21F2NO4. The minimum atomic E-state index is -0.959. The Hall–Kier alpha value is -2.67. The summed E-state index contributed by atoms with van der Waals surface area (Å²) in [6.07, 6.45) is -0.210. The summed E-state index contributed by atoms with van der Waals surface area (Å²) in [6, 6.07) is 10.1. The average Bonchev–Trinajstić information content (AvgIpc) is 2.68. The van der Waals surface area contributed by atoms with E-state index in [0.29, 0.717) is 36.6 Å². The second-order valence-electron chi connectivity index (χ2n) is 6.19. The van der Waals surface area contributed by atoms with Crippen LogP contribution in [0.5, 0.6) is 11.5 Å². The second kappa shape index (κ2) is 8.35. The monoisotopic (exact) mass is 377 g/mol. The second-order valence-corrected chi connectivity index (χ2v) is 6.19. The summed E-state index contributed by atoms with van der Waals surface area (Å²) in [5.41, 5.74) is 0.478. The predicted octanol–water partition coefficient (Wildman–Crippen LogP) is 3.34. The molecule has 0 N–H and O–H groups in total. The minimum absolute atomic E-state index is 0.216. The van der Waals surface area contributed by atoms with Crippen LogP contribution in [0.3, 0.4) is 0 Å². The van der Waals surface area contributed by atoms with Crippen LogP contribution in [0.25, 0.3) is 0 Å². The summed E-state index contributed by atoms with van der Waals surface area (Å²) in [5, 5.41) is 0. The van der Waals surface area contributed by atoms with Gasteiger partial charge in [0.1, 0.15) is 6.04 Å². The molecular weight excluding hydrogens is 356 g/mol. The smallest absolute Gasteiger partial charge is 0.266 e. The van der Waals surface area contributed by atoms with Crippen LogP contribution in [0, 0.1) is 11.6 Å². The van der Waals surface area contributed by atoms with Crippen LogP contribution in [-0.4, -0.2) is 44.3 Å². The lowest BCUT2D eigenvalue weighted by molar-refractivity contribution is -0.164. The number of benzene rings is 2. The normalized spacial score (nSPS) is 19.0. The Bertz CT molecular complexity index is 814. The fourth-order valence-corrected chi connectivity index (χ4v) is 3.16. The highest BCUT2D eigenvalue weighted by Gasteiger charge is 2.50. The lowest BCUT2D eigenvalue weighted by Gasteiger charge is -2.47. The topological polar surface area (TPSA) is 48.0 Å². The molecule has 2 unspecified atom stereocenters. The number of likely N-dealkylation sites (tertiary alicyclic amines) is 1. The van der Waals surface area contributed by atoms with Crippen molar-refractivity contribution in [1.82, 2.24) is 4.90 Å². The third-order valence-corrected chi connectivity index (χ3v) is 4.50. The van der Waals surface area contributed by atoms with Crippen molar-refractivity contribution in [3.05, 3.63) is 59.7 Å². The lowest BCUT2D eigenvalue weighted by Crippen LogP contribution is -2.61. The summed E-state index contributed by atoms with van der Waals surface area (Å²) in [4.78, 5) is 14.2. The number of carbonyl (C=O) groups is 1. The van der Waals surface area contributed by atoms with Crippen LogP contribution in [0.1, 0.15) is 18.0 Å². The van der Waals surface area contributed by atoms with Gasteiger partial charge in [-0.15, -0.1) is 0 Å². The van der Waals surface area contributed by atoms with Crippen molar-refractivity contribution in [2.24, 2.45) is 0 Å². The fraction of sp³-hybridized carbons (Fsp3) is 0.350. The number of hydrogen-bond donors (Lipinski definition) is 0. The van der Waals surface area contributed by atoms with Crippen LogP contribution >= 0.6 is 0 Å². The van der Waals surface area contributed by atoms with Gasteiger partial charge in [-0.3, -0.25) is 4.79 Å². The summed E-state index contributed by atoms with van der Waals surface area (Å²) in [5.74, 6) is -1.20. The van der Waals surface area contributed by atoms with Gasteiger partial charge in [-0.1, -0.05) is 18.2 Å². The number of nitrogens with zero attached hydrogens (tertiary/aromatic N) is 1. The number of halogens is 2. The Morgan fingerprint density at radius 3 is 2.44 bits per heavy atom. The van der Waals surface area contributed by atoms with Gasteiger partial charge in [0, 0.05) is 20.3 Å². The molecule has 0 saturated carbocycles. The fourth-order valence-electron chi connectivity index (χ4n) is 3.16. The van der Waals surface area contributed by atoms with Crippen LogP contribution in [-0.2, 0) is 9.53 Å². The Kier molecular flexibility index (Phi) is 5.91. The molecule has 3 rings (SSSR count). The Morgan fingerprint density at radius 1 is 1.04 bits per heavy atom. The van der Waals surface area contributed by atoms with Crippen molar-refractivity contribution in [2.75, 3.05) is 27.4 Å². The maximum absolute atomic E-state index is 13.7. The SMILES string of the molecule is COCCCN1C(=O)C(Oc2ccccc2OC)C1c1ccc(F)c(F)c1. The van der Waals surface area contributed by atoms with Gasteiger partial charge in [0.15, 0.2) is 23.1 Å². The summed E-state index contributed by atoms with van der Waals surface area (Å²) < 4.78 is 43.3. The molecule has 2 aromatic rings. The first-order valence-corrected chi connectivity index (χ1v) is 8.61. The van der Waals surface area contributed by atoms with E-state index in [9.17, 15) is 13.6 Å². The van der Waals surface area contributed by atoms with Crippen LogP contribution in [0.4, 0.5) is 8.78 Å². The van der Waals surface area contributed by atoms with Gasteiger partial charge in [0.2, 0.25) is 6.10 Å². The summed E-state index contributed by atoms with van der Waals surface area (Å²) >= 11 is 0. The molecule has 0 bridgehead atoms. The van der Waals surface area contributed by atoms with E-state index in [1.807, 2.05) is 0 Å². The van der Waals surface area contributed by atoms with Crippen molar-refractivity contribution in [3.8, 4) is 11.5 Å². The average molecular weight is 377 g/mol. The first-order valence-electron chi connectivity index (χ1n) is 8.61. The number of carbonyl (C=O) groups excluding carboxylic acids is 1. The number of rotatable bonds is 8. The van der Waals surface area contributed by atoms with Gasteiger partial charge in [0.05, 0.1) is 7.11 Å². The molecule has 27 heavy (non-hydrogen) atoms. The van der Waals surface area contributed by atoms with E-state index in [1.54, 1.807) is 36.3 Å².